The smallest absolute Gasteiger partial charge is 0.213 e. The normalized spacial score (nSPS) is 12.5. The molecule has 4 aromatic heterocycles. The lowest BCUT2D eigenvalue weighted by atomic mass is 10.1. The second-order valence-electron chi connectivity index (χ2n) is 11.4. The largest absolute Gasteiger partial charge is 0.315 e. The number of para-hydroxylation sites is 2. The molecular formula is C38H38N6S2+2. The van der Waals surface area contributed by atoms with Crippen LogP contribution in [0.4, 0.5) is 0 Å². The number of fused-ring (bicyclic) bond motifs is 2. The predicted molar refractivity (Wildman–Crippen MR) is 188 cm³/mol. The molecule has 230 valence electrons. The van der Waals surface area contributed by atoms with E-state index in [1.807, 2.05) is 0 Å². The van der Waals surface area contributed by atoms with Crippen molar-refractivity contribution in [2.45, 2.75) is 52.4 Å². The fourth-order valence-corrected chi connectivity index (χ4v) is 7.89. The predicted octanol–water partition coefficient (Wildman–Crippen LogP) is 7.32. The van der Waals surface area contributed by atoms with Crippen LogP contribution >= 0.6 is 22.7 Å². The number of unbranched alkanes of at least 4 members (excludes halogenated alkanes) is 1. The van der Waals surface area contributed by atoms with E-state index in [4.69, 9.17) is 10.2 Å². The topological polar surface area (TPSA) is 42.3 Å². The number of thiazole rings is 2. The molecule has 0 unspecified atom stereocenters. The van der Waals surface area contributed by atoms with Crippen molar-refractivity contribution in [2.75, 3.05) is 0 Å². The summed E-state index contributed by atoms with van der Waals surface area (Å²) in [5.74, 6) is 0. The Morgan fingerprint density at radius 2 is 1.20 bits per heavy atom. The summed E-state index contributed by atoms with van der Waals surface area (Å²) in [6.07, 6.45) is 9.80. The number of nitrogens with zero attached hydrogens (tertiary/aromatic N) is 6. The van der Waals surface area contributed by atoms with E-state index in [2.05, 4.69) is 153 Å². The van der Waals surface area contributed by atoms with Crippen LogP contribution in [-0.4, -0.2) is 9.13 Å². The van der Waals surface area contributed by atoms with Gasteiger partial charge in [-0.25, -0.2) is 4.57 Å². The quantitative estimate of drug-likeness (QED) is 0.105. The first-order chi connectivity index (χ1) is 22.8. The lowest BCUT2D eigenvalue weighted by Gasteiger charge is -2.05. The van der Waals surface area contributed by atoms with E-state index in [0.717, 1.165) is 55.0 Å². The Morgan fingerprint density at radius 1 is 0.609 bits per heavy atom. The van der Waals surface area contributed by atoms with Crippen molar-refractivity contribution in [3.63, 3.8) is 0 Å². The van der Waals surface area contributed by atoms with Gasteiger partial charge in [0.05, 0.1) is 26.0 Å². The van der Waals surface area contributed by atoms with Gasteiger partial charge in [-0.3, -0.25) is 0 Å². The molecular weight excluding hydrogens is 605 g/mol. The maximum atomic E-state index is 4.87. The van der Waals surface area contributed by atoms with Crippen molar-refractivity contribution in [3.05, 3.63) is 143 Å². The highest BCUT2D eigenvalue weighted by atomic mass is 32.1. The van der Waals surface area contributed by atoms with Crippen LogP contribution in [0.1, 0.15) is 31.7 Å². The number of aryl methyl sites for hydroxylation is 3. The lowest BCUT2D eigenvalue weighted by Crippen LogP contribution is -2.37. The molecule has 0 atom stereocenters. The van der Waals surface area contributed by atoms with Crippen molar-refractivity contribution >= 4 is 43.1 Å². The van der Waals surface area contributed by atoms with Gasteiger partial charge in [-0.15, -0.1) is 10.2 Å². The summed E-state index contributed by atoms with van der Waals surface area (Å²) in [4.78, 5) is 1.89. The van der Waals surface area contributed by atoms with Crippen molar-refractivity contribution in [3.8, 4) is 11.3 Å². The lowest BCUT2D eigenvalue weighted by molar-refractivity contribution is -0.697. The number of hydrogen-bond acceptors (Lipinski definition) is 4. The van der Waals surface area contributed by atoms with E-state index in [0.29, 0.717) is 0 Å². The van der Waals surface area contributed by atoms with Gasteiger partial charge in [0.25, 0.3) is 0 Å². The van der Waals surface area contributed by atoms with Gasteiger partial charge in [-0.2, -0.15) is 4.57 Å². The molecule has 0 aliphatic carbocycles. The third-order valence-corrected chi connectivity index (χ3v) is 10.4. The summed E-state index contributed by atoms with van der Waals surface area (Å²) in [7, 11) is 0. The van der Waals surface area contributed by atoms with Gasteiger partial charge >= 0.3 is 0 Å². The molecule has 0 fully saturated rings. The fraction of sp³-hybridized carbons (Fsp3) is 0.211. The van der Waals surface area contributed by atoms with E-state index in [1.54, 1.807) is 22.7 Å². The maximum Gasteiger partial charge on any atom is 0.213 e. The SMILES string of the molecule is CCCCn1c(=NN=c2sc3ccccc3n2CCC[n+]2ccc(-c3cccc[n+]3Cc3ccccc3)cc2)sc2ccccc21. The molecule has 0 saturated heterocycles. The first-order valence-corrected chi connectivity index (χ1v) is 17.7. The first-order valence-electron chi connectivity index (χ1n) is 16.0. The second-order valence-corrected chi connectivity index (χ2v) is 13.5. The Morgan fingerprint density at radius 3 is 1.85 bits per heavy atom. The molecule has 0 aliphatic rings. The molecule has 0 amide bonds. The summed E-state index contributed by atoms with van der Waals surface area (Å²) < 4.78 is 11.7. The van der Waals surface area contributed by atoms with E-state index < -0.39 is 0 Å². The van der Waals surface area contributed by atoms with Crippen LogP contribution in [0.25, 0.3) is 31.7 Å². The molecule has 0 bridgehead atoms. The second kappa shape index (κ2) is 14.2. The van der Waals surface area contributed by atoms with Crippen LogP contribution < -0.4 is 18.7 Å². The molecule has 7 aromatic rings. The minimum absolute atomic E-state index is 0.846. The van der Waals surface area contributed by atoms with Gasteiger partial charge in [0.15, 0.2) is 25.1 Å². The molecule has 8 heteroatoms. The maximum absolute atomic E-state index is 4.87. The van der Waals surface area contributed by atoms with Gasteiger partial charge in [-0.05, 0) is 36.8 Å². The molecule has 0 N–H and O–H groups in total. The highest BCUT2D eigenvalue weighted by molar-refractivity contribution is 7.16. The minimum atomic E-state index is 0.846. The minimum Gasteiger partial charge on any atom is -0.315 e. The first kappa shape index (κ1) is 30.0. The number of benzene rings is 3. The van der Waals surface area contributed by atoms with E-state index in [1.165, 1.54) is 37.3 Å². The third-order valence-electron chi connectivity index (χ3n) is 8.25. The Bertz CT molecular complexity index is 2200. The molecule has 0 spiro atoms. The zero-order chi connectivity index (χ0) is 31.1. The van der Waals surface area contributed by atoms with Crippen molar-refractivity contribution in [1.82, 2.24) is 9.13 Å². The average molecular weight is 643 g/mol. The standard InChI is InChI=1S/C38H38N6S2/c1-2-3-25-43-33-17-7-9-19-35(33)45-37(43)39-40-38-44(34-18-8-10-20-36(34)46-38)26-13-23-41-27-21-31(22-28-41)32-16-11-12-24-42(32)29-30-14-5-4-6-15-30/h4-12,14-22,24,27-28H,2-3,13,23,25-26,29H2,1H3/q+2. The van der Waals surface area contributed by atoms with E-state index in [-0.39, 0.29) is 0 Å². The van der Waals surface area contributed by atoms with Crippen LogP contribution in [-0.2, 0) is 26.2 Å². The zero-order valence-electron chi connectivity index (χ0n) is 26.1. The Labute approximate surface area is 277 Å². The van der Waals surface area contributed by atoms with Gasteiger partial charge in [0.1, 0.15) is 6.54 Å². The van der Waals surface area contributed by atoms with Gasteiger partial charge in [0, 0.05) is 49.3 Å². The summed E-state index contributed by atoms with van der Waals surface area (Å²) in [6.45, 7) is 5.81. The summed E-state index contributed by atoms with van der Waals surface area (Å²) in [5, 5.41) is 9.72. The molecule has 4 heterocycles. The average Bonchev–Trinajstić information content (AvgIpc) is 3.64. The number of pyridine rings is 2. The molecule has 0 radical (unpaired) electrons. The van der Waals surface area contributed by atoms with Crippen LogP contribution in [0.15, 0.2) is 138 Å². The van der Waals surface area contributed by atoms with Crippen molar-refractivity contribution in [2.24, 2.45) is 10.2 Å². The number of aromatic nitrogens is 4. The fourth-order valence-electron chi connectivity index (χ4n) is 5.87. The summed E-state index contributed by atoms with van der Waals surface area (Å²) in [6, 6.07) is 38.6. The van der Waals surface area contributed by atoms with E-state index >= 15 is 0 Å². The molecule has 7 rings (SSSR count). The van der Waals surface area contributed by atoms with Crippen LogP contribution in [0, 0.1) is 0 Å². The molecule has 0 aliphatic heterocycles. The third kappa shape index (κ3) is 6.64. The van der Waals surface area contributed by atoms with E-state index in [9.17, 15) is 0 Å². The summed E-state index contributed by atoms with van der Waals surface area (Å²) >= 11 is 3.43. The zero-order valence-corrected chi connectivity index (χ0v) is 27.7. The molecule has 3 aromatic carbocycles. The molecule has 46 heavy (non-hydrogen) atoms. The van der Waals surface area contributed by atoms with Crippen LogP contribution in [0.3, 0.4) is 0 Å². The molecule has 0 saturated carbocycles. The molecule has 6 nitrogen and oxygen atoms in total. The van der Waals surface area contributed by atoms with Gasteiger partial charge < -0.3 is 9.13 Å². The number of hydrogen-bond donors (Lipinski definition) is 0. The highest BCUT2D eigenvalue weighted by Gasteiger charge is 2.15. The Kier molecular flexibility index (Phi) is 9.26. The van der Waals surface area contributed by atoms with Gasteiger partial charge in [0.2, 0.25) is 15.3 Å². The van der Waals surface area contributed by atoms with Gasteiger partial charge in [-0.1, -0.05) is 90.6 Å². The Hall–Kier alpha value is -4.66. The Balaban J connectivity index is 1.11. The highest BCUT2D eigenvalue weighted by Crippen LogP contribution is 2.19. The van der Waals surface area contributed by atoms with Crippen molar-refractivity contribution in [1.29, 1.82) is 0 Å². The number of rotatable bonds is 11. The van der Waals surface area contributed by atoms with Crippen LogP contribution in [0.5, 0.6) is 0 Å². The monoisotopic (exact) mass is 642 g/mol. The van der Waals surface area contributed by atoms with Crippen molar-refractivity contribution < 1.29 is 9.13 Å². The summed E-state index contributed by atoms with van der Waals surface area (Å²) in [5.41, 5.74) is 6.17. The van der Waals surface area contributed by atoms with Crippen LogP contribution in [0.2, 0.25) is 0 Å².